The summed E-state index contributed by atoms with van der Waals surface area (Å²) in [4.78, 5) is 20.3. The molecule has 3 aromatic rings. The number of unbranched alkanes of at least 4 members (excludes halogenated alkanes) is 1. The summed E-state index contributed by atoms with van der Waals surface area (Å²) in [5, 5.41) is 5.45. The van der Waals surface area contributed by atoms with Crippen molar-refractivity contribution < 1.29 is 4.79 Å². The fourth-order valence-electron chi connectivity index (χ4n) is 3.90. The first-order valence-electron chi connectivity index (χ1n) is 10.4. The molecular weight excluding hydrogens is 419 g/mol. The van der Waals surface area contributed by atoms with E-state index >= 15 is 0 Å². The molecule has 1 aliphatic heterocycles. The van der Waals surface area contributed by atoms with Crippen LogP contribution in [0.4, 0.5) is 5.69 Å². The molecule has 2 aromatic carbocycles. The zero-order chi connectivity index (χ0) is 20.9. The highest BCUT2D eigenvalue weighted by Crippen LogP contribution is 2.29. The Kier molecular flexibility index (Phi) is 6.82. The maximum Gasteiger partial charge on any atom is 0.267 e. The van der Waals surface area contributed by atoms with Gasteiger partial charge in [-0.2, -0.15) is 0 Å². The van der Waals surface area contributed by atoms with Crippen LogP contribution in [0.5, 0.6) is 0 Å². The van der Waals surface area contributed by atoms with Crippen LogP contribution in [0.25, 0.3) is 10.9 Å². The van der Waals surface area contributed by atoms with Crippen LogP contribution in [0.3, 0.4) is 0 Å². The van der Waals surface area contributed by atoms with Gasteiger partial charge in [0.1, 0.15) is 5.69 Å². The lowest BCUT2D eigenvalue weighted by molar-refractivity contribution is 0.0948. The van der Waals surface area contributed by atoms with Crippen molar-refractivity contribution in [3.8, 4) is 0 Å². The molecule has 30 heavy (non-hydrogen) atoms. The van der Waals surface area contributed by atoms with Crippen molar-refractivity contribution in [2.45, 2.75) is 12.8 Å². The molecule has 1 amide bonds. The molecule has 7 heteroatoms. The van der Waals surface area contributed by atoms with Crippen molar-refractivity contribution in [1.82, 2.24) is 15.2 Å². The van der Waals surface area contributed by atoms with Crippen LogP contribution < -0.4 is 10.2 Å². The number of para-hydroxylation sites is 1. The van der Waals surface area contributed by atoms with Crippen molar-refractivity contribution in [2.24, 2.45) is 0 Å². The number of benzene rings is 2. The smallest absolute Gasteiger partial charge is 0.267 e. The molecule has 0 saturated carbocycles. The number of amides is 1. The molecule has 2 N–H and O–H groups in total. The highest BCUT2D eigenvalue weighted by molar-refractivity contribution is 6.36. The van der Waals surface area contributed by atoms with E-state index in [-0.39, 0.29) is 5.91 Å². The third-order valence-electron chi connectivity index (χ3n) is 5.58. The van der Waals surface area contributed by atoms with Gasteiger partial charge in [-0.25, -0.2) is 0 Å². The van der Waals surface area contributed by atoms with E-state index in [1.54, 1.807) is 6.07 Å². The molecule has 0 spiro atoms. The second-order valence-corrected chi connectivity index (χ2v) is 8.50. The van der Waals surface area contributed by atoms with E-state index in [2.05, 4.69) is 20.1 Å². The fourth-order valence-corrected chi connectivity index (χ4v) is 4.43. The van der Waals surface area contributed by atoms with E-state index in [0.717, 1.165) is 62.2 Å². The Labute approximate surface area is 186 Å². The molecule has 2 heterocycles. The third kappa shape index (κ3) is 5.09. The van der Waals surface area contributed by atoms with E-state index in [9.17, 15) is 4.79 Å². The lowest BCUT2D eigenvalue weighted by Gasteiger charge is -2.36. The van der Waals surface area contributed by atoms with Gasteiger partial charge in [0.2, 0.25) is 0 Å². The number of carbonyl (C=O) groups excluding carboxylic acids is 1. The van der Waals surface area contributed by atoms with Crippen LogP contribution in [0.15, 0.2) is 48.5 Å². The van der Waals surface area contributed by atoms with E-state index < -0.39 is 0 Å². The number of rotatable bonds is 7. The van der Waals surface area contributed by atoms with E-state index in [4.69, 9.17) is 23.2 Å². The number of aromatic nitrogens is 1. The Hall–Kier alpha value is -2.21. The first-order valence-corrected chi connectivity index (χ1v) is 11.1. The minimum Gasteiger partial charge on any atom is -0.368 e. The van der Waals surface area contributed by atoms with Crippen molar-refractivity contribution >= 4 is 45.7 Å². The number of hydrogen-bond donors (Lipinski definition) is 2. The van der Waals surface area contributed by atoms with Crippen molar-refractivity contribution in [3.63, 3.8) is 0 Å². The standard InChI is InChI=1S/C23H26Cl2N4O/c24-18-7-8-22(19(25)16-18)29-13-11-28(12-14-29)10-4-3-9-26-23(30)21-15-17-5-1-2-6-20(17)27-21/h1-2,5-8,15-16,27H,3-4,9-14H2,(H,26,30). The second kappa shape index (κ2) is 9.73. The number of fused-ring (bicyclic) bond motifs is 1. The summed E-state index contributed by atoms with van der Waals surface area (Å²) in [6.07, 6.45) is 2.03. The van der Waals surface area contributed by atoms with E-state index in [1.807, 2.05) is 42.5 Å². The van der Waals surface area contributed by atoms with Crippen molar-refractivity contribution in [2.75, 3.05) is 44.2 Å². The van der Waals surface area contributed by atoms with Gasteiger partial charge in [0, 0.05) is 48.6 Å². The highest BCUT2D eigenvalue weighted by Gasteiger charge is 2.18. The van der Waals surface area contributed by atoms with Crippen molar-refractivity contribution in [3.05, 3.63) is 64.3 Å². The molecule has 1 aliphatic rings. The fraction of sp³-hybridized carbons (Fsp3) is 0.348. The van der Waals surface area contributed by atoms with Crippen LogP contribution >= 0.6 is 23.2 Å². The van der Waals surface area contributed by atoms with Crippen molar-refractivity contribution in [1.29, 1.82) is 0 Å². The maximum absolute atomic E-state index is 12.3. The summed E-state index contributed by atoms with van der Waals surface area (Å²) in [5.41, 5.74) is 2.66. The number of nitrogens with one attached hydrogen (secondary N) is 2. The van der Waals surface area contributed by atoms with Gasteiger partial charge in [0.15, 0.2) is 0 Å². The number of piperazine rings is 1. The van der Waals surface area contributed by atoms with Gasteiger partial charge >= 0.3 is 0 Å². The number of anilines is 1. The first kappa shape index (κ1) is 21.0. The predicted octanol–water partition coefficient (Wildman–Crippen LogP) is 4.81. The van der Waals surface area contributed by atoms with Crippen LogP contribution in [0, 0.1) is 0 Å². The molecule has 0 atom stereocenters. The van der Waals surface area contributed by atoms with E-state index in [0.29, 0.717) is 22.3 Å². The zero-order valence-corrected chi connectivity index (χ0v) is 18.3. The summed E-state index contributed by atoms with van der Waals surface area (Å²) >= 11 is 12.3. The van der Waals surface area contributed by atoms with E-state index in [1.165, 1.54) is 0 Å². The maximum atomic E-state index is 12.3. The molecule has 1 fully saturated rings. The Morgan fingerprint density at radius 2 is 1.80 bits per heavy atom. The number of nitrogens with zero attached hydrogens (tertiary/aromatic N) is 2. The Morgan fingerprint density at radius 1 is 1.00 bits per heavy atom. The summed E-state index contributed by atoms with van der Waals surface area (Å²) in [5.74, 6) is -0.0420. The molecule has 0 bridgehead atoms. The number of halogens is 2. The average Bonchev–Trinajstić information content (AvgIpc) is 3.18. The Bertz CT molecular complexity index is 978. The van der Waals surface area contributed by atoms with Gasteiger partial charge in [0.25, 0.3) is 5.91 Å². The Balaban J connectivity index is 1.15. The Morgan fingerprint density at radius 3 is 2.57 bits per heavy atom. The molecule has 0 aliphatic carbocycles. The summed E-state index contributed by atoms with van der Waals surface area (Å²) < 4.78 is 0. The van der Waals surface area contributed by atoms with Gasteiger partial charge in [-0.05, 0) is 49.7 Å². The molecule has 0 unspecified atom stereocenters. The van der Waals surface area contributed by atoms with Crippen LogP contribution in [0.2, 0.25) is 10.0 Å². The molecule has 5 nitrogen and oxygen atoms in total. The first-order chi connectivity index (χ1) is 14.6. The highest BCUT2D eigenvalue weighted by atomic mass is 35.5. The average molecular weight is 445 g/mol. The van der Waals surface area contributed by atoms with Gasteiger partial charge in [-0.3, -0.25) is 9.69 Å². The third-order valence-corrected chi connectivity index (χ3v) is 6.12. The van der Waals surface area contributed by atoms with Crippen LogP contribution in [-0.2, 0) is 0 Å². The zero-order valence-electron chi connectivity index (χ0n) is 16.8. The van der Waals surface area contributed by atoms with Crippen LogP contribution in [-0.4, -0.2) is 55.1 Å². The number of aromatic amines is 1. The summed E-state index contributed by atoms with van der Waals surface area (Å²) in [6.45, 7) is 5.68. The van der Waals surface area contributed by atoms with Gasteiger partial charge in [-0.1, -0.05) is 41.4 Å². The number of hydrogen-bond acceptors (Lipinski definition) is 3. The minimum absolute atomic E-state index is 0.0420. The lowest BCUT2D eigenvalue weighted by Crippen LogP contribution is -2.46. The monoisotopic (exact) mass is 444 g/mol. The number of H-pyrrole nitrogens is 1. The lowest BCUT2D eigenvalue weighted by atomic mass is 10.2. The largest absolute Gasteiger partial charge is 0.368 e. The van der Waals surface area contributed by atoms with Crippen LogP contribution in [0.1, 0.15) is 23.3 Å². The van der Waals surface area contributed by atoms with Gasteiger partial charge < -0.3 is 15.2 Å². The SMILES string of the molecule is O=C(NCCCCN1CCN(c2ccc(Cl)cc2Cl)CC1)c1cc2ccccc2[nH]1. The van der Waals surface area contributed by atoms with Gasteiger partial charge in [-0.15, -0.1) is 0 Å². The minimum atomic E-state index is -0.0420. The second-order valence-electron chi connectivity index (χ2n) is 7.66. The topological polar surface area (TPSA) is 51.4 Å². The summed E-state index contributed by atoms with van der Waals surface area (Å²) in [6, 6.07) is 15.5. The predicted molar refractivity (Wildman–Crippen MR) is 125 cm³/mol. The normalized spacial score (nSPS) is 14.9. The molecule has 1 aromatic heterocycles. The molecule has 1 saturated heterocycles. The molecule has 158 valence electrons. The van der Waals surface area contributed by atoms with Gasteiger partial charge in [0.05, 0.1) is 10.7 Å². The number of carbonyl (C=O) groups is 1. The molecule has 4 rings (SSSR count). The quantitative estimate of drug-likeness (QED) is 0.514. The molecular formula is C23H26Cl2N4O. The molecule has 0 radical (unpaired) electrons. The summed E-state index contributed by atoms with van der Waals surface area (Å²) in [7, 11) is 0.